The van der Waals surface area contributed by atoms with E-state index in [1.165, 1.54) is 0 Å². The van der Waals surface area contributed by atoms with Crippen LogP contribution in [0.4, 0.5) is 0 Å². The van der Waals surface area contributed by atoms with Crippen LogP contribution < -0.4 is 0 Å². The molecule has 64 valence electrons. The first kappa shape index (κ1) is 10.5. The van der Waals surface area contributed by atoms with Crippen molar-refractivity contribution >= 4 is 24.4 Å². The molecule has 0 aliphatic carbocycles. The van der Waals surface area contributed by atoms with E-state index >= 15 is 0 Å². The Labute approximate surface area is 71.2 Å². The highest BCUT2D eigenvalue weighted by Crippen LogP contribution is 2.05. The average molecular weight is 176 g/mol. The third-order valence-corrected chi connectivity index (χ3v) is 1.81. The summed E-state index contributed by atoms with van der Waals surface area (Å²) in [6, 6.07) is 0. The highest BCUT2D eigenvalue weighted by atomic mass is 32.1. The molecule has 0 rings (SSSR count). The minimum absolute atomic E-state index is 0.00133. The van der Waals surface area contributed by atoms with E-state index in [2.05, 4.69) is 12.6 Å². The smallest absolute Gasteiger partial charge is 0.306 e. The minimum atomic E-state index is -0.850. The Kier molecular flexibility index (Phi) is 4.94. The molecule has 1 atom stereocenters. The average Bonchev–Trinajstić information content (AvgIpc) is 1.99. The molecule has 0 bridgehead atoms. The zero-order chi connectivity index (χ0) is 8.85. The predicted octanol–water partition coefficient (Wildman–Crippen LogP) is 0.986. The molecule has 4 heteroatoms. The van der Waals surface area contributed by atoms with Gasteiger partial charge in [-0.3, -0.25) is 9.59 Å². The molecule has 1 unspecified atom stereocenters. The van der Waals surface area contributed by atoms with Crippen molar-refractivity contribution in [2.24, 2.45) is 5.92 Å². The van der Waals surface area contributed by atoms with Gasteiger partial charge in [-0.2, -0.15) is 12.6 Å². The summed E-state index contributed by atoms with van der Waals surface area (Å²) in [7, 11) is 0. The van der Waals surface area contributed by atoms with Gasteiger partial charge in [0.25, 0.3) is 0 Å². The molecule has 0 spiro atoms. The van der Waals surface area contributed by atoms with Gasteiger partial charge in [-0.05, 0) is 6.42 Å². The van der Waals surface area contributed by atoms with Gasteiger partial charge in [0.05, 0.1) is 5.92 Å². The summed E-state index contributed by atoms with van der Waals surface area (Å²) >= 11 is 3.77. The SMILES string of the molecule is CC(CCC(=O)CS)C(=O)O. The van der Waals surface area contributed by atoms with Gasteiger partial charge in [0.2, 0.25) is 0 Å². The molecule has 0 radical (unpaired) electrons. The summed E-state index contributed by atoms with van der Waals surface area (Å²) in [4.78, 5) is 20.9. The molecule has 0 aliphatic heterocycles. The first-order chi connectivity index (χ1) is 5.07. The minimum Gasteiger partial charge on any atom is -0.481 e. The molecule has 0 saturated carbocycles. The molecule has 0 aromatic heterocycles. The molecule has 0 aromatic carbocycles. The maximum atomic E-state index is 10.7. The van der Waals surface area contributed by atoms with Crippen molar-refractivity contribution in [1.29, 1.82) is 0 Å². The molecule has 0 amide bonds. The van der Waals surface area contributed by atoms with Crippen LogP contribution in [0.3, 0.4) is 0 Å². The number of rotatable bonds is 5. The number of carbonyl (C=O) groups excluding carboxylic acids is 1. The van der Waals surface area contributed by atoms with Crippen LogP contribution in [0.25, 0.3) is 0 Å². The maximum Gasteiger partial charge on any atom is 0.306 e. The summed E-state index contributed by atoms with van der Waals surface area (Å²) in [5, 5.41) is 8.44. The second kappa shape index (κ2) is 5.18. The zero-order valence-electron chi connectivity index (χ0n) is 6.41. The van der Waals surface area contributed by atoms with E-state index in [1.807, 2.05) is 0 Å². The predicted molar refractivity (Wildman–Crippen MR) is 44.9 cm³/mol. The molecule has 0 aliphatic rings. The van der Waals surface area contributed by atoms with Crippen LogP contribution in [-0.2, 0) is 9.59 Å². The number of aliphatic carboxylic acids is 1. The van der Waals surface area contributed by atoms with Crippen molar-refractivity contribution in [2.75, 3.05) is 5.75 Å². The summed E-state index contributed by atoms with van der Waals surface area (Å²) in [5.74, 6) is -1.08. The summed E-state index contributed by atoms with van der Waals surface area (Å²) < 4.78 is 0. The molecule has 1 N–H and O–H groups in total. The van der Waals surface area contributed by atoms with E-state index < -0.39 is 11.9 Å². The Bertz CT molecular complexity index is 156. The fraction of sp³-hybridized carbons (Fsp3) is 0.714. The Balaban J connectivity index is 3.54. The lowest BCUT2D eigenvalue weighted by Gasteiger charge is -2.02. The van der Waals surface area contributed by atoms with Crippen LogP contribution in [0.15, 0.2) is 0 Å². The van der Waals surface area contributed by atoms with Gasteiger partial charge in [0.1, 0.15) is 5.78 Å². The zero-order valence-corrected chi connectivity index (χ0v) is 7.30. The van der Waals surface area contributed by atoms with Crippen LogP contribution in [0.1, 0.15) is 19.8 Å². The fourth-order valence-electron chi connectivity index (χ4n) is 0.580. The van der Waals surface area contributed by atoms with Crippen LogP contribution in [0.2, 0.25) is 0 Å². The van der Waals surface area contributed by atoms with Gasteiger partial charge in [0.15, 0.2) is 0 Å². The standard InChI is InChI=1S/C7H12O3S/c1-5(7(9)10)2-3-6(8)4-11/h5,11H,2-4H2,1H3,(H,9,10). The molecule has 0 heterocycles. The monoisotopic (exact) mass is 176 g/mol. The number of thiol groups is 1. The number of carbonyl (C=O) groups is 2. The maximum absolute atomic E-state index is 10.7. The number of ketones is 1. The molecule has 0 saturated heterocycles. The quantitative estimate of drug-likeness (QED) is 0.614. The lowest BCUT2D eigenvalue weighted by atomic mass is 10.0. The number of hydrogen-bond acceptors (Lipinski definition) is 3. The summed E-state index contributed by atoms with van der Waals surface area (Å²) in [6.45, 7) is 1.59. The highest BCUT2D eigenvalue weighted by molar-refractivity contribution is 7.81. The van der Waals surface area contributed by atoms with Crippen molar-refractivity contribution in [3.8, 4) is 0 Å². The Morgan fingerprint density at radius 2 is 2.09 bits per heavy atom. The van der Waals surface area contributed by atoms with Crippen LogP contribution in [0, 0.1) is 5.92 Å². The van der Waals surface area contributed by atoms with E-state index in [-0.39, 0.29) is 11.5 Å². The van der Waals surface area contributed by atoms with Crippen molar-refractivity contribution in [2.45, 2.75) is 19.8 Å². The lowest BCUT2D eigenvalue weighted by Crippen LogP contribution is -2.11. The van der Waals surface area contributed by atoms with Crippen molar-refractivity contribution in [3.63, 3.8) is 0 Å². The topological polar surface area (TPSA) is 54.4 Å². The first-order valence-corrected chi connectivity index (χ1v) is 4.06. The van der Waals surface area contributed by atoms with Gasteiger partial charge >= 0.3 is 5.97 Å². The third kappa shape index (κ3) is 4.84. The second-order valence-electron chi connectivity index (χ2n) is 2.47. The van der Waals surface area contributed by atoms with E-state index in [1.54, 1.807) is 6.92 Å². The number of hydrogen-bond donors (Lipinski definition) is 2. The molecule has 11 heavy (non-hydrogen) atoms. The largest absolute Gasteiger partial charge is 0.481 e. The van der Waals surface area contributed by atoms with Crippen molar-refractivity contribution < 1.29 is 14.7 Å². The van der Waals surface area contributed by atoms with Crippen molar-refractivity contribution in [1.82, 2.24) is 0 Å². The van der Waals surface area contributed by atoms with Gasteiger partial charge in [-0.1, -0.05) is 6.92 Å². The van der Waals surface area contributed by atoms with Gasteiger partial charge < -0.3 is 5.11 Å². The highest BCUT2D eigenvalue weighted by Gasteiger charge is 2.11. The molecule has 0 fully saturated rings. The van der Waals surface area contributed by atoms with E-state index in [9.17, 15) is 9.59 Å². The molecule has 3 nitrogen and oxygen atoms in total. The second-order valence-corrected chi connectivity index (χ2v) is 2.79. The molecular weight excluding hydrogens is 164 g/mol. The van der Waals surface area contributed by atoms with Crippen LogP contribution in [0.5, 0.6) is 0 Å². The number of carboxylic acids is 1. The Morgan fingerprint density at radius 3 is 2.45 bits per heavy atom. The van der Waals surface area contributed by atoms with Crippen LogP contribution in [-0.4, -0.2) is 22.6 Å². The fourth-order valence-corrected chi connectivity index (χ4v) is 0.738. The Hall–Kier alpha value is -0.510. The van der Waals surface area contributed by atoms with Gasteiger partial charge in [-0.15, -0.1) is 0 Å². The summed E-state index contributed by atoms with van der Waals surface area (Å²) in [6.07, 6.45) is 0.728. The van der Waals surface area contributed by atoms with E-state index in [4.69, 9.17) is 5.11 Å². The van der Waals surface area contributed by atoms with Crippen LogP contribution >= 0.6 is 12.6 Å². The summed E-state index contributed by atoms with van der Waals surface area (Å²) in [5.41, 5.74) is 0. The van der Waals surface area contributed by atoms with Crippen molar-refractivity contribution in [3.05, 3.63) is 0 Å². The van der Waals surface area contributed by atoms with Gasteiger partial charge in [0, 0.05) is 12.2 Å². The number of Topliss-reactive ketones (excluding diaryl/α,β-unsaturated/α-hetero) is 1. The van der Waals surface area contributed by atoms with E-state index in [0.29, 0.717) is 12.8 Å². The lowest BCUT2D eigenvalue weighted by molar-refractivity contribution is -0.141. The third-order valence-electron chi connectivity index (χ3n) is 1.45. The Morgan fingerprint density at radius 1 is 1.55 bits per heavy atom. The first-order valence-electron chi connectivity index (χ1n) is 3.43. The van der Waals surface area contributed by atoms with Gasteiger partial charge in [-0.25, -0.2) is 0 Å². The number of carboxylic acid groups (broad SMARTS) is 1. The molecule has 0 aromatic rings. The van der Waals surface area contributed by atoms with E-state index in [0.717, 1.165) is 0 Å². The normalized spacial score (nSPS) is 12.5. The molecular formula is C7H12O3S.